The zero-order valence-corrected chi connectivity index (χ0v) is 24.2. The Balaban J connectivity index is 1.13. The fraction of sp³-hybridized carbons (Fsp3) is 0.0294. The van der Waals surface area contributed by atoms with Crippen molar-refractivity contribution in [2.75, 3.05) is 16.0 Å². The van der Waals surface area contributed by atoms with Crippen LogP contribution in [0.3, 0.4) is 0 Å². The second kappa shape index (κ2) is 12.6. The lowest BCUT2D eigenvalue weighted by Crippen LogP contribution is -2.15. The number of hydrogen-bond donors (Lipinski definition) is 3. The molecule has 6 rings (SSSR count). The molecule has 3 aromatic carbocycles. The molecule has 0 aliphatic heterocycles. The van der Waals surface area contributed by atoms with Crippen LogP contribution in [0.5, 0.6) is 0 Å². The Labute approximate surface area is 256 Å². The topological polar surface area (TPSA) is 109 Å². The molecule has 44 heavy (non-hydrogen) atoms. The minimum Gasteiger partial charge on any atom is -0.324 e. The number of halogens is 1. The third-order valence-electron chi connectivity index (χ3n) is 6.68. The van der Waals surface area contributed by atoms with Crippen LogP contribution in [0.1, 0.15) is 25.6 Å². The number of carbonyl (C=O) groups is 2. The van der Waals surface area contributed by atoms with E-state index in [1.807, 2.05) is 49.4 Å². The highest BCUT2D eigenvalue weighted by atomic mass is 32.1. The first-order valence-electron chi connectivity index (χ1n) is 13.6. The van der Waals surface area contributed by atoms with E-state index in [0.29, 0.717) is 33.6 Å². The zero-order valence-electron chi connectivity index (χ0n) is 23.4. The maximum atomic E-state index is 13.3. The number of nitrogens with one attached hydrogen (secondary N) is 3. The summed E-state index contributed by atoms with van der Waals surface area (Å²) in [6.07, 6.45) is 4.55. The predicted molar refractivity (Wildman–Crippen MR) is 172 cm³/mol. The van der Waals surface area contributed by atoms with Crippen LogP contribution in [0.4, 0.5) is 27.4 Å². The van der Waals surface area contributed by atoms with Gasteiger partial charge in [-0.1, -0.05) is 36.4 Å². The fourth-order valence-electron chi connectivity index (χ4n) is 4.40. The van der Waals surface area contributed by atoms with Crippen LogP contribution in [-0.4, -0.2) is 26.8 Å². The number of aryl methyl sites for hydroxylation is 1. The number of carbonyl (C=O) groups excluding carboxylic acids is 2. The van der Waals surface area contributed by atoms with Gasteiger partial charge in [-0.25, -0.2) is 14.4 Å². The Kier molecular flexibility index (Phi) is 8.15. The van der Waals surface area contributed by atoms with Crippen molar-refractivity contribution in [1.82, 2.24) is 15.0 Å². The number of aromatic nitrogens is 3. The molecule has 0 unspecified atom stereocenters. The van der Waals surface area contributed by atoms with Gasteiger partial charge in [0.25, 0.3) is 11.8 Å². The van der Waals surface area contributed by atoms with Gasteiger partial charge in [0.2, 0.25) is 5.95 Å². The smallest absolute Gasteiger partial charge is 0.265 e. The molecule has 6 aromatic rings. The number of amides is 2. The van der Waals surface area contributed by atoms with E-state index in [2.05, 4.69) is 30.9 Å². The van der Waals surface area contributed by atoms with Crippen LogP contribution in [0, 0.1) is 12.7 Å². The van der Waals surface area contributed by atoms with Gasteiger partial charge in [-0.3, -0.25) is 14.6 Å². The summed E-state index contributed by atoms with van der Waals surface area (Å²) in [4.78, 5) is 40.6. The Morgan fingerprint density at radius 1 is 0.773 bits per heavy atom. The Morgan fingerprint density at radius 2 is 1.57 bits per heavy atom. The molecule has 0 saturated carbocycles. The molecule has 0 spiro atoms. The van der Waals surface area contributed by atoms with Gasteiger partial charge in [-0.05, 0) is 78.7 Å². The molecule has 0 fully saturated rings. The van der Waals surface area contributed by atoms with E-state index in [1.54, 1.807) is 48.7 Å². The van der Waals surface area contributed by atoms with Crippen LogP contribution in [0.25, 0.3) is 21.7 Å². The van der Waals surface area contributed by atoms with Gasteiger partial charge >= 0.3 is 0 Å². The largest absolute Gasteiger partial charge is 0.324 e. The minimum absolute atomic E-state index is 0.281. The minimum atomic E-state index is -0.388. The summed E-state index contributed by atoms with van der Waals surface area (Å²) in [5.41, 5.74) is 5.27. The van der Waals surface area contributed by atoms with E-state index in [4.69, 9.17) is 0 Å². The van der Waals surface area contributed by atoms with E-state index in [9.17, 15) is 14.0 Å². The van der Waals surface area contributed by atoms with Crippen molar-refractivity contribution in [2.24, 2.45) is 0 Å². The van der Waals surface area contributed by atoms with Gasteiger partial charge in [0.05, 0.1) is 28.0 Å². The number of hydrogen-bond acceptors (Lipinski definition) is 7. The molecule has 0 atom stereocenters. The first-order chi connectivity index (χ1) is 21.4. The SMILES string of the molecule is Cc1ccc(NC(=O)c2cncc(NC(=O)c3ccc(-c4ccccc4)s3)c2)cc1Nc1nccc(-c2ccc(F)cc2)n1. The summed E-state index contributed by atoms with van der Waals surface area (Å²) in [5.74, 6) is -0.636. The quantitative estimate of drug-likeness (QED) is 0.164. The number of benzene rings is 3. The van der Waals surface area contributed by atoms with E-state index in [0.717, 1.165) is 21.6 Å². The number of anilines is 4. The Hall–Kier alpha value is -5.74. The average Bonchev–Trinajstić information content (AvgIpc) is 3.55. The molecule has 0 aliphatic carbocycles. The van der Waals surface area contributed by atoms with Gasteiger partial charge in [-0.2, -0.15) is 0 Å². The molecule has 0 bridgehead atoms. The summed E-state index contributed by atoms with van der Waals surface area (Å²) in [6.45, 7) is 1.92. The Bertz CT molecular complexity index is 1960. The monoisotopic (exact) mass is 600 g/mol. The number of nitrogens with zero attached hydrogens (tertiary/aromatic N) is 3. The van der Waals surface area contributed by atoms with Crippen molar-refractivity contribution in [1.29, 1.82) is 0 Å². The molecule has 3 heterocycles. The number of thiophene rings is 1. The molecule has 10 heteroatoms. The molecule has 3 aromatic heterocycles. The maximum Gasteiger partial charge on any atom is 0.265 e. The maximum absolute atomic E-state index is 13.3. The van der Waals surface area contributed by atoms with Gasteiger partial charge < -0.3 is 16.0 Å². The summed E-state index contributed by atoms with van der Waals surface area (Å²) < 4.78 is 13.3. The highest BCUT2D eigenvalue weighted by Crippen LogP contribution is 2.29. The first-order valence-corrected chi connectivity index (χ1v) is 14.4. The highest BCUT2D eigenvalue weighted by Gasteiger charge is 2.14. The third-order valence-corrected chi connectivity index (χ3v) is 7.82. The van der Waals surface area contributed by atoms with Crippen molar-refractivity contribution in [2.45, 2.75) is 6.92 Å². The summed E-state index contributed by atoms with van der Waals surface area (Å²) >= 11 is 1.39. The van der Waals surface area contributed by atoms with Crippen LogP contribution >= 0.6 is 11.3 Å². The predicted octanol–water partition coefficient (Wildman–Crippen LogP) is 7.96. The van der Waals surface area contributed by atoms with Crippen molar-refractivity contribution in [3.8, 4) is 21.7 Å². The van der Waals surface area contributed by atoms with Crippen molar-refractivity contribution < 1.29 is 14.0 Å². The summed E-state index contributed by atoms with van der Waals surface area (Å²) in [7, 11) is 0. The number of rotatable bonds is 8. The van der Waals surface area contributed by atoms with E-state index in [-0.39, 0.29) is 23.2 Å². The van der Waals surface area contributed by atoms with Gasteiger partial charge in [0, 0.05) is 34.2 Å². The van der Waals surface area contributed by atoms with Crippen LogP contribution in [-0.2, 0) is 0 Å². The Morgan fingerprint density at radius 3 is 2.39 bits per heavy atom. The van der Waals surface area contributed by atoms with Crippen molar-refractivity contribution in [3.05, 3.63) is 137 Å². The van der Waals surface area contributed by atoms with E-state index in [1.165, 1.54) is 35.9 Å². The van der Waals surface area contributed by atoms with Crippen LogP contribution in [0.15, 0.2) is 116 Å². The van der Waals surface area contributed by atoms with Gasteiger partial charge in [-0.15, -0.1) is 11.3 Å². The molecule has 0 radical (unpaired) electrons. The lowest BCUT2D eigenvalue weighted by Gasteiger charge is -2.12. The second-order valence-corrected chi connectivity index (χ2v) is 10.9. The normalized spacial score (nSPS) is 10.7. The van der Waals surface area contributed by atoms with E-state index >= 15 is 0 Å². The van der Waals surface area contributed by atoms with E-state index < -0.39 is 0 Å². The highest BCUT2D eigenvalue weighted by molar-refractivity contribution is 7.17. The van der Waals surface area contributed by atoms with Gasteiger partial charge in [0.15, 0.2) is 0 Å². The molecular formula is C34H25FN6O2S. The van der Waals surface area contributed by atoms with Crippen LogP contribution < -0.4 is 16.0 Å². The lowest BCUT2D eigenvalue weighted by molar-refractivity contribution is 0.101. The van der Waals surface area contributed by atoms with Crippen LogP contribution in [0.2, 0.25) is 0 Å². The summed E-state index contributed by atoms with van der Waals surface area (Å²) in [5, 5.41) is 8.91. The standard InChI is InChI=1S/C34H25FN6O2S/c1-21-7-12-26(18-29(21)41-34-37-16-15-28(40-34)22-8-10-25(35)11-9-22)38-32(42)24-17-27(20-36-19-24)39-33(43)31-14-13-30(44-31)23-5-3-2-4-6-23/h2-20H,1H3,(H,38,42)(H,39,43)(H,37,40,41). The molecule has 3 N–H and O–H groups in total. The molecule has 8 nitrogen and oxygen atoms in total. The molecule has 216 valence electrons. The average molecular weight is 601 g/mol. The molecule has 0 saturated heterocycles. The second-order valence-electron chi connectivity index (χ2n) is 9.83. The van der Waals surface area contributed by atoms with Gasteiger partial charge in [0.1, 0.15) is 5.82 Å². The molecular weight excluding hydrogens is 575 g/mol. The van der Waals surface area contributed by atoms with Crippen molar-refractivity contribution >= 4 is 46.2 Å². The lowest BCUT2D eigenvalue weighted by atomic mass is 10.1. The fourth-order valence-corrected chi connectivity index (χ4v) is 5.31. The number of pyridine rings is 1. The zero-order chi connectivity index (χ0) is 30.5. The molecule has 2 amide bonds. The summed E-state index contributed by atoms with van der Waals surface area (Å²) in [6, 6.07) is 28.4. The first kappa shape index (κ1) is 28.4. The molecule has 0 aliphatic rings. The van der Waals surface area contributed by atoms with Crippen molar-refractivity contribution in [3.63, 3.8) is 0 Å². The third kappa shape index (κ3) is 6.66.